The first-order valence-corrected chi connectivity index (χ1v) is 11.2. The van der Waals surface area contributed by atoms with E-state index in [1.807, 2.05) is 17.1 Å². The lowest BCUT2D eigenvalue weighted by Gasteiger charge is -2.13. The summed E-state index contributed by atoms with van der Waals surface area (Å²) < 4.78 is 41.2. The number of esters is 1. The first kappa shape index (κ1) is 27.1. The average molecular weight is 515 g/mol. The molecule has 0 saturated heterocycles. The molecule has 37 heavy (non-hydrogen) atoms. The molecule has 1 heterocycles. The molecule has 0 bridgehead atoms. The predicted octanol–water partition coefficient (Wildman–Crippen LogP) is 3.27. The van der Waals surface area contributed by atoms with Crippen LogP contribution >= 0.6 is 0 Å². The minimum atomic E-state index is -1.09. The minimum Gasteiger partial charge on any atom is -0.493 e. The van der Waals surface area contributed by atoms with Crippen molar-refractivity contribution in [3.8, 4) is 28.7 Å². The van der Waals surface area contributed by atoms with Gasteiger partial charge in [0.05, 0.1) is 34.6 Å². The van der Waals surface area contributed by atoms with E-state index in [2.05, 4.69) is 0 Å². The number of nitrogens with one attached hydrogen (secondary N) is 1. The Bertz CT molecular complexity index is 1390. The van der Waals surface area contributed by atoms with Crippen LogP contribution in [0.15, 0.2) is 46.1 Å². The van der Waals surface area contributed by atoms with Crippen molar-refractivity contribution in [1.29, 1.82) is 0 Å². The number of aryl methyl sites for hydroxylation is 1. The fourth-order valence-electron chi connectivity index (χ4n) is 3.48. The molecule has 3 aromatic rings. The molecule has 0 radical (unpaired) electrons. The summed E-state index contributed by atoms with van der Waals surface area (Å²) in [5.41, 5.74) is -0.328. The smallest absolute Gasteiger partial charge is 0.328 e. The highest BCUT2D eigenvalue weighted by Crippen LogP contribution is 2.38. The van der Waals surface area contributed by atoms with Crippen LogP contribution in [0.2, 0.25) is 0 Å². The molecule has 10 nitrogen and oxygen atoms in total. The van der Waals surface area contributed by atoms with Crippen LogP contribution in [0.3, 0.4) is 0 Å². The van der Waals surface area contributed by atoms with E-state index in [9.17, 15) is 18.8 Å². The van der Waals surface area contributed by atoms with Crippen molar-refractivity contribution in [1.82, 2.24) is 9.55 Å². The molecule has 3 rings (SSSR count). The zero-order valence-electron chi connectivity index (χ0n) is 20.8. The number of carbonyl (C=O) groups is 1. The number of methoxy groups -OCH3 is 4. The summed E-state index contributed by atoms with van der Waals surface area (Å²) in [7, 11) is 6.05. The van der Waals surface area contributed by atoms with E-state index in [0.29, 0.717) is 23.0 Å². The summed E-state index contributed by atoms with van der Waals surface area (Å²) in [6.07, 6.45) is 4.59. The van der Waals surface area contributed by atoms with Crippen LogP contribution in [-0.2, 0) is 11.3 Å². The summed E-state index contributed by atoms with van der Waals surface area (Å²) >= 11 is 0. The summed E-state index contributed by atoms with van der Waals surface area (Å²) in [4.78, 5) is 37.1. The SMILES string of the molecule is COc1ccc(/C=C\c2cc(OC)c(OC)c(OC)c2)cc1OC(=O)CCCn1cc(F)c(=O)[nH]c1=O. The second kappa shape index (κ2) is 12.4. The van der Waals surface area contributed by atoms with Crippen LogP contribution in [0.5, 0.6) is 28.7 Å². The lowest BCUT2D eigenvalue weighted by molar-refractivity contribution is -0.134. The van der Waals surface area contributed by atoms with Gasteiger partial charge in [0, 0.05) is 13.0 Å². The van der Waals surface area contributed by atoms with Gasteiger partial charge in [-0.15, -0.1) is 0 Å². The number of carbonyl (C=O) groups excluding carboxylic acids is 1. The van der Waals surface area contributed by atoms with Crippen LogP contribution in [0.25, 0.3) is 12.2 Å². The number of nitrogens with zero attached hydrogens (tertiary/aromatic N) is 1. The molecule has 0 aliphatic carbocycles. The van der Waals surface area contributed by atoms with E-state index in [1.165, 1.54) is 28.4 Å². The van der Waals surface area contributed by atoms with E-state index >= 15 is 0 Å². The highest BCUT2D eigenvalue weighted by molar-refractivity contribution is 5.76. The molecule has 0 saturated carbocycles. The van der Waals surface area contributed by atoms with E-state index in [1.54, 1.807) is 30.3 Å². The third-order valence-corrected chi connectivity index (χ3v) is 5.31. The topological polar surface area (TPSA) is 118 Å². The van der Waals surface area contributed by atoms with Crippen molar-refractivity contribution in [2.75, 3.05) is 28.4 Å². The minimum absolute atomic E-state index is 0.0241. The number of aromatic nitrogens is 2. The molecule has 0 aliphatic heterocycles. The van der Waals surface area contributed by atoms with Gasteiger partial charge in [-0.25, -0.2) is 4.79 Å². The summed E-state index contributed by atoms with van der Waals surface area (Å²) in [6, 6.07) is 8.69. The number of benzene rings is 2. The third kappa shape index (κ3) is 6.78. The molecule has 0 spiro atoms. The normalized spacial score (nSPS) is 10.8. The van der Waals surface area contributed by atoms with Crippen molar-refractivity contribution < 1.29 is 32.9 Å². The lowest BCUT2D eigenvalue weighted by atomic mass is 10.1. The van der Waals surface area contributed by atoms with Gasteiger partial charge in [0.15, 0.2) is 23.0 Å². The van der Waals surface area contributed by atoms with Crippen LogP contribution in [0.1, 0.15) is 24.0 Å². The molecule has 0 aliphatic rings. The standard InChI is InChI=1S/C26H27FN2O8/c1-33-19-10-9-16(7-8-17-13-21(34-2)24(36-4)22(14-17)35-3)12-20(19)37-23(30)6-5-11-29-15-18(27)25(31)28-26(29)32/h7-10,12-15H,5-6,11H2,1-4H3,(H,28,31,32)/b8-7-. The Morgan fingerprint density at radius 1 is 0.892 bits per heavy atom. The number of hydrogen-bond donors (Lipinski definition) is 1. The molecule has 0 unspecified atom stereocenters. The maximum absolute atomic E-state index is 13.4. The maximum Gasteiger partial charge on any atom is 0.328 e. The molecular formula is C26H27FN2O8. The number of H-pyrrole nitrogens is 1. The van der Waals surface area contributed by atoms with Gasteiger partial charge >= 0.3 is 11.7 Å². The van der Waals surface area contributed by atoms with Crippen molar-refractivity contribution in [3.63, 3.8) is 0 Å². The second-order valence-electron chi connectivity index (χ2n) is 7.71. The molecule has 0 amide bonds. The molecule has 0 fully saturated rings. The first-order chi connectivity index (χ1) is 17.8. The van der Waals surface area contributed by atoms with Crippen molar-refractivity contribution in [2.45, 2.75) is 19.4 Å². The fraction of sp³-hybridized carbons (Fsp3) is 0.269. The zero-order valence-corrected chi connectivity index (χ0v) is 20.8. The van der Waals surface area contributed by atoms with E-state index in [4.69, 9.17) is 23.7 Å². The Labute approximate surface area is 211 Å². The van der Waals surface area contributed by atoms with Gasteiger partial charge in [-0.1, -0.05) is 18.2 Å². The summed E-state index contributed by atoms with van der Waals surface area (Å²) in [6.45, 7) is 0.0241. The van der Waals surface area contributed by atoms with E-state index in [-0.39, 0.29) is 25.1 Å². The Morgan fingerprint density at radius 3 is 2.14 bits per heavy atom. The quantitative estimate of drug-likeness (QED) is 0.235. The monoisotopic (exact) mass is 514 g/mol. The summed E-state index contributed by atoms with van der Waals surface area (Å²) in [5, 5.41) is 0. The molecule has 2 aromatic carbocycles. The highest BCUT2D eigenvalue weighted by Gasteiger charge is 2.13. The van der Waals surface area contributed by atoms with Crippen LogP contribution < -0.4 is 34.9 Å². The Hall–Kier alpha value is -4.54. The van der Waals surface area contributed by atoms with Gasteiger partial charge in [-0.05, 0) is 41.8 Å². The number of rotatable bonds is 11. The average Bonchev–Trinajstić information content (AvgIpc) is 2.89. The molecule has 196 valence electrons. The van der Waals surface area contributed by atoms with Crippen LogP contribution in [-0.4, -0.2) is 44.0 Å². The van der Waals surface area contributed by atoms with Crippen LogP contribution in [0.4, 0.5) is 4.39 Å². The fourth-order valence-corrected chi connectivity index (χ4v) is 3.48. The van der Waals surface area contributed by atoms with Crippen molar-refractivity contribution in [3.05, 3.63) is 74.3 Å². The molecule has 11 heteroatoms. The van der Waals surface area contributed by atoms with E-state index in [0.717, 1.165) is 21.9 Å². The van der Waals surface area contributed by atoms with Crippen LogP contribution in [0, 0.1) is 5.82 Å². The highest BCUT2D eigenvalue weighted by atomic mass is 19.1. The third-order valence-electron chi connectivity index (χ3n) is 5.31. The zero-order chi connectivity index (χ0) is 26.9. The maximum atomic E-state index is 13.4. The van der Waals surface area contributed by atoms with Gasteiger partial charge in [0.2, 0.25) is 11.6 Å². The Balaban J connectivity index is 1.71. The lowest BCUT2D eigenvalue weighted by Crippen LogP contribution is -2.31. The molecule has 1 aromatic heterocycles. The van der Waals surface area contributed by atoms with Gasteiger partial charge in [0.1, 0.15) is 0 Å². The van der Waals surface area contributed by atoms with Gasteiger partial charge in [-0.2, -0.15) is 4.39 Å². The molecular weight excluding hydrogens is 487 g/mol. The number of ether oxygens (including phenoxy) is 5. The Kier molecular flexibility index (Phi) is 9.09. The van der Waals surface area contributed by atoms with Gasteiger partial charge in [0.25, 0.3) is 5.56 Å². The summed E-state index contributed by atoms with van der Waals surface area (Å²) in [5.74, 6) is 0.432. The van der Waals surface area contributed by atoms with Gasteiger partial charge < -0.3 is 23.7 Å². The number of halogens is 1. The number of aromatic amines is 1. The largest absolute Gasteiger partial charge is 0.493 e. The number of hydrogen-bond acceptors (Lipinski definition) is 8. The van der Waals surface area contributed by atoms with Crippen molar-refractivity contribution in [2.24, 2.45) is 0 Å². The van der Waals surface area contributed by atoms with Crippen molar-refractivity contribution >= 4 is 18.1 Å². The second-order valence-corrected chi connectivity index (χ2v) is 7.71. The van der Waals surface area contributed by atoms with Gasteiger partial charge in [-0.3, -0.25) is 19.1 Å². The Morgan fingerprint density at radius 2 is 1.51 bits per heavy atom. The first-order valence-electron chi connectivity index (χ1n) is 11.2. The molecule has 0 atom stereocenters. The van der Waals surface area contributed by atoms with E-state index < -0.39 is 23.0 Å². The predicted molar refractivity (Wildman–Crippen MR) is 134 cm³/mol. The molecule has 1 N–H and O–H groups in total.